The summed E-state index contributed by atoms with van der Waals surface area (Å²) in [5.74, 6) is -0.236. The maximum Gasteiger partial charge on any atom is 0.235 e. The summed E-state index contributed by atoms with van der Waals surface area (Å²) in [5, 5.41) is 12.8. The SMILES string of the molecule is O=C(CCl)NCC1(O)CCCCCC1. The van der Waals surface area contributed by atoms with E-state index in [1.807, 2.05) is 0 Å². The van der Waals surface area contributed by atoms with Gasteiger partial charge in [-0.1, -0.05) is 25.7 Å². The first-order valence-electron chi connectivity index (χ1n) is 5.21. The molecule has 82 valence electrons. The highest BCUT2D eigenvalue weighted by Gasteiger charge is 2.27. The Morgan fingerprint density at radius 2 is 1.86 bits per heavy atom. The third-order valence-electron chi connectivity index (χ3n) is 2.77. The second kappa shape index (κ2) is 5.56. The molecule has 14 heavy (non-hydrogen) atoms. The standard InChI is InChI=1S/C10H18ClNO2/c11-7-9(13)12-8-10(14)5-3-1-2-4-6-10/h14H,1-8H2,(H,12,13). The Bertz CT molecular complexity index is 189. The van der Waals surface area contributed by atoms with Gasteiger partial charge >= 0.3 is 0 Å². The van der Waals surface area contributed by atoms with Crippen LogP contribution >= 0.6 is 11.6 Å². The lowest BCUT2D eigenvalue weighted by molar-refractivity contribution is -0.120. The van der Waals surface area contributed by atoms with Crippen molar-refractivity contribution >= 4 is 17.5 Å². The molecular weight excluding hydrogens is 202 g/mol. The Hall–Kier alpha value is -0.280. The predicted molar refractivity (Wildman–Crippen MR) is 56.4 cm³/mol. The normalized spacial score (nSPS) is 21.3. The highest BCUT2D eigenvalue weighted by Crippen LogP contribution is 2.26. The monoisotopic (exact) mass is 219 g/mol. The maximum atomic E-state index is 10.9. The lowest BCUT2D eigenvalue weighted by atomic mass is 9.94. The number of carbonyl (C=O) groups is 1. The first-order valence-corrected chi connectivity index (χ1v) is 5.75. The molecule has 0 saturated heterocycles. The maximum absolute atomic E-state index is 10.9. The summed E-state index contributed by atoms with van der Waals surface area (Å²) in [4.78, 5) is 10.9. The van der Waals surface area contributed by atoms with Crippen molar-refractivity contribution < 1.29 is 9.90 Å². The molecule has 1 amide bonds. The van der Waals surface area contributed by atoms with Crippen LogP contribution < -0.4 is 5.32 Å². The molecule has 2 N–H and O–H groups in total. The fraction of sp³-hybridized carbons (Fsp3) is 0.900. The molecule has 3 nitrogen and oxygen atoms in total. The van der Waals surface area contributed by atoms with Gasteiger partial charge in [-0.2, -0.15) is 0 Å². The van der Waals surface area contributed by atoms with Crippen LogP contribution in [-0.2, 0) is 4.79 Å². The van der Waals surface area contributed by atoms with E-state index < -0.39 is 5.60 Å². The molecule has 0 unspecified atom stereocenters. The van der Waals surface area contributed by atoms with Crippen molar-refractivity contribution in [2.24, 2.45) is 0 Å². The van der Waals surface area contributed by atoms with Crippen LogP contribution in [0.25, 0.3) is 0 Å². The van der Waals surface area contributed by atoms with Gasteiger partial charge in [0, 0.05) is 6.54 Å². The fourth-order valence-corrected chi connectivity index (χ4v) is 1.97. The summed E-state index contributed by atoms with van der Waals surface area (Å²) in [6, 6.07) is 0. The summed E-state index contributed by atoms with van der Waals surface area (Å²) >= 11 is 5.35. The number of carbonyl (C=O) groups excluding carboxylic acids is 1. The third kappa shape index (κ3) is 3.84. The van der Waals surface area contributed by atoms with Gasteiger partial charge in [-0.15, -0.1) is 11.6 Å². The summed E-state index contributed by atoms with van der Waals surface area (Å²) in [6.45, 7) is 0.346. The molecule has 0 heterocycles. The first kappa shape index (κ1) is 11.8. The van der Waals surface area contributed by atoms with Crippen molar-refractivity contribution in [1.82, 2.24) is 5.32 Å². The minimum absolute atomic E-state index is 0.0317. The van der Waals surface area contributed by atoms with E-state index >= 15 is 0 Å². The van der Waals surface area contributed by atoms with Gasteiger partial charge in [0.2, 0.25) is 5.91 Å². The number of nitrogens with one attached hydrogen (secondary N) is 1. The minimum Gasteiger partial charge on any atom is -0.388 e. The Balaban J connectivity index is 2.35. The molecule has 0 aromatic carbocycles. The Kier molecular flexibility index (Phi) is 4.69. The number of rotatable bonds is 3. The van der Waals surface area contributed by atoms with Crippen LogP contribution in [-0.4, -0.2) is 29.0 Å². The number of aliphatic hydroxyl groups is 1. The second-order valence-corrected chi connectivity index (χ2v) is 4.32. The highest BCUT2D eigenvalue weighted by molar-refractivity contribution is 6.27. The lowest BCUT2D eigenvalue weighted by Crippen LogP contribution is -2.42. The summed E-state index contributed by atoms with van der Waals surface area (Å²) < 4.78 is 0. The molecule has 0 radical (unpaired) electrons. The molecule has 0 aromatic heterocycles. The van der Waals surface area contributed by atoms with E-state index in [1.165, 1.54) is 12.8 Å². The number of alkyl halides is 1. The molecule has 0 bridgehead atoms. The van der Waals surface area contributed by atoms with Crippen LogP contribution in [0.3, 0.4) is 0 Å². The summed E-state index contributed by atoms with van der Waals surface area (Å²) in [5.41, 5.74) is -0.696. The van der Waals surface area contributed by atoms with Crippen LogP contribution in [0.15, 0.2) is 0 Å². The smallest absolute Gasteiger partial charge is 0.235 e. The van der Waals surface area contributed by atoms with Gasteiger partial charge in [0.05, 0.1) is 5.60 Å². The number of amides is 1. The third-order valence-corrected chi connectivity index (χ3v) is 3.01. The van der Waals surface area contributed by atoms with Gasteiger partial charge in [-0.25, -0.2) is 0 Å². The number of hydrogen-bond acceptors (Lipinski definition) is 2. The second-order valence-electron chi connectivity index (χ2n) is 4.05. The largest absolute Gasteiger partial charge is 0.388 e. The molecular formula is C10H18ClNO2. The Morgan fingerprint density at radius 3 is 2.36 bits per heavy atom. The van der Waals surface area contributed by atoms with Gasteiger partial charge in [-0.05, 0) is 12.8 Å². The van der Waals surface area contributed by atoms with Crippen LogP contribution in [0.4, 0.5) is 0 Å². The molecule has 1 rings (SSSR count). The van der Waals surface area contributed by atoms with E-state index in [9.17, 15) is 9.90 Å². The topological polar surface area (TPSA) is 49.3 Å². The van der Waals surface area contributed by atoms with Crippen molar-refractivity contribution in [3.05, 3.63) is 0 Å². The van der Waals surface area contributed by atoms with Crippen LogP contribution in [0.1, 0.15) is 38.5 Å². The zero-order chi connectivity index (χ0) is 10.4. The molecule has 1 fully saturated rings. The Morgan fingerprint density at radius 1 is 1.29 bits per heavy atom. The van der Waals surface area contributed by atoms with E-state index in [1.54, 1.807) is 0 Å². The van der Waals surface area contributed by atoms with Crippen LogP contribution in [0.5, 0.6) is 0 Å². The van der Waals surface area contributed by atoms with Gasteiger partial charge < -0.3 is 10.4 Å². The number of halogens is 1. The predicted octanol–water partition coefficient (Wildman–Crippen LogP) is 1.43. The van der Waals surface area contributed by atoms with E-state index in [-0.39, 0.29) is 11.8 Å². The van der Waals surface area contributed by atoms with Crippen molar-refractivity contribution in [3.8, 4) is 0 Å². The van der Waals surface area contributed by atoms with E-state index in [2.05, 4.69) is 5.32 Å². The lowest BCUT2D eigenvalue weighted by Gasteiger charge is -2.26. The molecule has 0 aromatic rings. The van der Waals surface area contributed by atoms with Crippen molar-refractivity contribution in [3.63, 3.8) is 0 Å². The van der Waals surface area contributed by atoms with E-state index in [4.69, 9.17) is 11.6 Å². The van der Waals surface area contributed by atoms with E-state index in [0.29, 0.717) is 6.54 Å². The fourth-order valence-electron chi connectivity index (χ4n) is 1.87. The molecule has 1 saturated carbocycles. The first-order chi connectivity index (χ1) is 6.66. The molecule has 0 aliphatic heterocycles. The van der Waals surface area contributed by atoms with Crippen LogP contribution in [0, 0.1) is 0 Å². The average molecular weight is 220 g/mol. The van der Waals surface area contributed by atoms with Gasteiger partial charge in [0.15, 0.2) is 0 Å². The molecule has 0 spiro atoms. The summed E-state index contributed by atoms with van der Waals surface area (Å²) in [6.07, 6.45) is 6.04. The molecule has 4 heteroatoms. The molecule has 0 atom stereocenters. The molecule has 1 aliphatic rings. The Labute approximate surface area is 89.8 Å². The van der Waals surface area contributed by atoms with Crippen molar-refractivity contribution in [2.45, 2.75) is 44.1 Å². The molecule has 1 aliphatic carbocycles. The minimum atomic E-state index is -0.696. The highest BCUT2D eigenvalue weighted by atomic mass is 35.5. The van der Waals surface area contributed by atoms with Gasteiger partial charge in [-0.3, -0.25) is 4.79 Å². The van der Waals surface area contributed by atoms with Gasteiger partial charge in [0.25, 0.3) is 0 Å². The van der Waals surface area contributed by atoms with Crippen LogP contribution in [0.2, 0.25) is 0 Å². The summed E-state index contributed by atoms with van der Waals surface area (Å²) in [7, 11) is 0. The van der Waals surface area contributed by atoms with Gasteiger partial charge in [0.1, 0.15) is 5.88 Å². The zero-order valence-corrected chi connectivity index (χ0v) is 9.15. The van der Waals surface area contributed by atoms with Crippen molar-refractivity contribution in [1.29, 1.82) is 0 Å². The van der Waals surface area contributed by atoms with E-state index in [0.717, 1.165) is 25.7 Å². The number of hydrogen-bond donors (Lipinski definition) is 2. The van der Waals surface area contributed by atoms with Crippen molar-refractivity contribution in [2.75, 3.05) is 12.4 Å². The zero-order valence-electron chi connectivity index (χ0n) is 8.39. The average Bonchev–Trinajstić information content (AvgIpc) is 2.40. The quantitative estimate of drug-likeness (QED) is 0.557.